The number of halogens is 2. The van der Waals surface area contributed by atoms with Gasteiger partial charge in [-0.15, -0.1) is 0 Å². The molecule has 2 N–H and O–H groups in total. The fraction of sp³-hybridized carbons (Fsp3) is 0.118. The third kappa shape index (κ3) is 3.12. The summed E-state index contributed by atoms with van der Waals surface area (Å²) in [4.78, 5) is 4.60. The number of nitrogens with two attached hydrogens (primary N) is 1. The fourth-order valence-electron chi connectivity index (χ4n) is 2.31. The molecule has 21 heavy (non-hydrogen) atoms. The average molecular weight is 345 g/mol. The second kappa shape index (κ2) is 5.92. The largest absolute Gasteiger partial charge is 0.324 e. The molecule has 3 rings (SSSR count). The summed E-state index contributed by atoms with van der Waals surface area (Å²) >= 11 is 3.14. The molecule has 2 aromatic carbocycles. The zero-order valence-corrected chi connectivity index (χ0v) is 12.8. The van der Waals surface area contributed by atoms with E-state index in [9.17, 15) is 4.39 Å². The molecule has 0 aliphatic rings. The molecule has 106 valence electrons. The Morgan fingerprint density at radius 2 is 1.90 bits per heavy atom. The molecular formula is C17H14BrFN2. The molecule has 0 aliphatic carbocycles. The van der Waals surface area contributed by atoms with Crippen molar-refractivity contribution in [3.8, 4) is 0 Å². The molecule has 0 spiro atoms. The summed E-state index contributed by atoms with van der Waals surface area (Å²) in [6.07, 6.45) is 0.575. The second-order valence-electron chi connectivity index (χ2n) is 4.98. The molecule has 0 amide bonds. The molecule has 1 atom stereocenters. The van der Waals surface area contributed by atoms with Crippen LogP contribution in [0.1, 0.15) is 17.3 Å². The van der Waals surface area contributed by atoms with Crippen molar-refractivity contribution in [2.45, 2.75) is 12.5 Å². The van der Waals surface area contributed by atoms with Crippen LogP contribution in [0.2, 0.25) is 0 Å². The molecule has 0 saturated heterocycles. The number of fused-ring (bicyclic) bond motifs is 1. The standard InChI is InChI=1S/C17H14BrFN2/c18-14-8-6-12(9-15(14)19)16(20)10-13-7-5-11-3-1-2-4-17(11)21-13/h1-9,16H,10,20H2. The molecule has 1 heterocycles. The van der Waals surface area contributed by atoms with Gasteiger partial charge in [0.1, 0.15) is 5.82 Å². The number of hydrogen-bond donors (Lipinski definition) is 1. The highest BCUT2D eigenvalue weighted by Gasteiger charge is 2.11. The van der Waals surface area contributed by atoms with Gasteiger partial charge in [-0.3, -0.25) is 4.98 Å². The predicted octanol–water partition coefficient (Wildman–Crippen LogP) is 4.38. The maximum Gasteiger partial charge on any atom is 0.137 e. The van der Waals surface area contributed by atoms with Crippen molar-refractivity contribution in [1.82, 2.24) is 4.98 Å². The molecule has 1 unspecified atom stereocenters. The molecule has 3 aromatic rings. The lowest BCUT2D eigenvalue weighted by Gasteiger charge is -2.12. The van der Waals surface area contributed by atoms with Crippen molar-refractivity contribution in [1.29, 1.82) is 0 Å². The van der Waals surface area contributed by atoms with Crippen LogP contribution in [0.25, 0.3) is 10.9 Å². The van der Waals surface area contributed by atoms with Crippen molar-refractivity contribution in [3.63, 3.8) is 0 Å². The van der Waals surface area contributed by atoms with E-state index in [0.29, 0.717) is 10.9 Å². The first-order valence-electron chi connectivity index (χ1n) is 6.69. The van der Waals surface area contributed by atoms with Gasteiger partial charge in [-0.25, -0.2) is 4.39 Å². The van der Waals surface area contributed by atoms with E-state index in [1.165, 1.54) is 6.07 Å². The maximum absolute atomic E-state index is 13.6. The third-order valence-electron chi connectivity index (χ3n) is 3.46. The molecule has 1 aromatic heterocycles. The van der Waals surface area contributed by atoms with Gasteiger partial charge in [-0.1, -0.05) is 30.3 Å². The number of aromatic nitrogens is 1. The topological polar surface area (TPSA) is 38.9 Å². The molecule has 0 bridgehead atoms. The molecule has 2 nitrogen and oxygen atoms in total. The van der Waals surface area contributed by atoms with E-state index in [2.05, 4.69) is 20.9 Å². The Bertz CT molecular complexity index is 789. The van der Waals surface area contributed by atoms with Crippen LogP contribution >= 0.6 is 15.9 Å². The molecule has 0 radical (unpaired) electrons. The smallest absolute Gasteiger partial charge is 0.137 e. The monoisotopic (exact) mass is 344 g/mol. The predicted molar refractivity (Wildman–Crippen MR) is 86.5 cm³/mol. The van der Waals surface area contributed by atoms with E-state index in [-0.39, 0.29) is 11.9 Å². The highest BCUT2D eigenvalue weighted by Crippen LogP contribution is 2.22. The van der Waals surface area contributed by atoms with Crippen molar-refractivity contribution in [2.75, 3.05) is 0 Å². The summed E-state index contributed by atoms with van der Waals surface area (Å²) in [7, 11) is 0. The quantitative estimate of drug-likeness (QED) is 0.765. The fourth-order valence-corrected chi connectivity index (χ4v) is 2.55. The summed E-state index contributed by atoms with van der Waals surface area (Å²) in [6, 6.07) is 16.7. The van der Waals surface area contributed by atoms with E-state index in [0.717, 1.165) is 22.2 Å². The number of para-hydroxylation sites is 1. The van der Waals surface area contributed by atoms with Crippen LogP contribution < -0.4 is 5.73 Å². The maximum atomic E-state index is 13.6. The molecule has 0 fully saturated rings. The summed E-state index contributed by atoms with van der Waals surface area (Å²) in [5, 5.41) is 1.10. The van der Waals surface area contributed by atoms with E-state index >= 15 is 0 Å². The van der Waals surface area contributed by atoms with E-state index in [4.69, 9.17) is 5.73 Å². The Balaban J connectivity index is 1.85. The van der Waals surface area contributed by atoms with Crippen molar-refractivity contribution < 1.29 is 4.39 Å². The zero-order valence-electron chi connectivity index (χ0n) is 11.3. The van der Waals surface area contributed by atoms with Gasteiger partial charge in [0.05, 0.1) is 9.99 Å². The number of benzene rings is 2. The Kier molecular flexibility index (Phi) is 3.99. The summed E-state index contributed by atoms with van der Waals surface area (Å²) in [5.74, 6) is -0.297. The van der Waals surface area contributed by atoms with Crippen LogP contribution in [0.5, 0.6) is 0 Å². The van der Waals surface area contributed by atoms with Gasteiger partial charge in [-0.05, 0) is 45.8 Å². The second-order valence-corrected chi connectivity index (χ2v) is 5.83. The van der Waals surface area contributed by atoms with Gasteiger partial charge in [-0.2, -0.15) is 0 Å². The molecule has 0 aliphatic heterocycles. The zero-order chi connectivity index (χ0) is 14.8. The summed E-state index contributed by atoms with van der Waals surface area (Å²) in [6.45, 7) is 0. The SMILES string of the molecule is NC(Cc1ccc2ccccc2n1)c1ccc(Br)c(F)c1. The molecule has 0 saturated carbocycles. The van der Waals surface area contributed by atoms with Crippen LogP contribution in [0.15, 0.2) is 59.1 Å². The number of hydrogen-bond acceptors (Lipinski definition) is 2. The minimum Gasteiger partial charge on any atom is -0.324 e. The average Bonchev–Trinajstić information content (AvgIpc) is 2.50. The van der Waals surface area contributed by atoms with E-state index < -0.39 is 0 Å². The highest BCUT2D eigenvalue weighted by molar-refractivity contribution is 9.10. The minimum atomic E-state index is -0.297. The Morgan fingerprint density at radius 1 is 1.10 bits per heavy atom. The van der Waals surface area contributed by atoms with Gasteiger partial charge in [0.2, 0.25) is 0 Å². The van der Waals surface area contributed by atoms with E-state index in [1.54, 1.807) is 6.07 Å². The minimum absolute atomic E-state index is 0.277. The summed E-state index contributed by atoms with van der Waals surface area (Å²) in [5.41, 5.74) is 8.79. The van der Waals surface area contributed by atoms with Gasteiger partial charge >= 0.3 is 0 Å². The van der Waals surface area contributed by atoms with Gasteiger partial charge in [0.25, 0.3) is 0 Å². The number of pyridine rings is 1. The Hall–Kier alpha value is -1.78. The lowest BCUT2D eigenvalue weighted by molar-refractivity contribution is 0.611. The van der Waals surface area contributed by atoms with Crippen LogP contribution in [-0.2, 0) is 6.42 Å². The molecule has 4 heteroatoms. The van der Waals surface area contributed by atoms with Crippen LogP contribution in [0.4, 0.5) is 4.39 Å². The van der Waals surface area contributed by atoms with Gasteiger partial charge in [0.15, 0.2) is 0 Å². The first kappa shape index (κ1) is 14.2. The number of rotatable bonds is 3. The number of nitrogens with zero attached hydrogens (tertiary/aromatic N) is 1. The van der Waals surface area contributed by atoms with Crippen molar-refractivity contribution >= 4 is 26.8 Å². The third-order valence-corrected chi connectivity index (χ3v) is 4.10. The van der Waals surface area contributed by atoms with Gasteiger partial charge < -0.3 is 5.73 Å². The Morgan fingerprint density at radius 3 is 2.71 bits per heavy atom. The van der Waals surface area contributed by atoms with Crippen LogP contribution in [0, 0.1) is 5.82 Å². The van der Waals surface area contributed by atoms with Crippen LogP contribution in [0.3, 0.4) is 0 Å². The summed E-state index contributed by atoms with van der Waals surface area (Å²) < 4.78 is 14.0. The Labute approximate surface area is 130 Å². The van der Waals surface area contributed by atoms with Gasteiger partial charge in [0, 0.05) is 23.5 Å². The lowest BCUT2D eigenvalue weighted by atomic mass is 10.0. The van der Waals surface area contributed by atoms with Crippen molar-refractivity contribution in [3.05, 3.63) is 76.1 Å². The normalized spacial score (nSPS) is 12.5. The first-order chi connectivity index (χ1) is 10.1. The first-order valence-corrected chi connectivity index (χ1v) is 7.48. The lowest BCUT2D eigenvalue weighted by Crippen LogP contribution is -2.14. The van der Waals surface area contributed by atoms with Crippen LogP contribution in [-0.4, -0.2) is 4.98 Å². The highest BCUT2D eigenvalue weighted by atomic mass is 79.9. The van der Waals surface area contributed by atoms with Crippen molar-refractivity contribution in [2.24, 2.45) is 5.73 Å². The molecular weight excluding hydrogens is 331 g/mol. The van der Waals surface area contributed by atoms with E-state index in [1.807, 2.05) is 42.5 Å².